The van der Waals surface area contributed by atoms with Crippen molar-refractivity contribution in [3.8, 4) is 0 Å². The lowest BCUT2D eigenvalue weighted by molar-refractivity contribution is -0.166. The van der Waals surface area contributed by atoms with E-state index in [1.54, 1.807) is 0 Å². The Kier molecular flexibility index (Phi) is 50.6. The Bertz CT molecular complexity index is 1590. The molecule has 6 nitrogen and oxygen atoms in total. The molecule has 0 aliphatic heterocycles. The molecule has 0 heterocycles. The van der Waals surface area contributed by atoms with Crippen LogP contribution < -0.4 is 0 Å². The molecule has 68 heavy (non-hydrogen) atoms. The van der Waals surface area contributed by atoms with Crippen LogP contribution in [-0.2, 0) is 28.6 Å². The Morgan fingerprint density at radius 1 is 0.294 bits per heavy atom. The van der Waals surface area contributed by atoms with Gasteiger partial charge in [-0.1, -0.05) is 204 Å². The molecule has 0 fully saturated rings. The van der Waals surface area contributed by atoms with E-state index >= 15 is 0 Å². The number of esters is 3. The monoisotopic (exact) mass is 935 g/mol. The van der Waals surface area contributed by atoms with E-state index in [1.165, 1.54) is 12.8 Å². The molecular weight excluding hydrogens is 841 g/mol. The predicted octanol–water partition coefficient (Wildman–Crippen LogP) is 17.8. The van der Waals surface area contributed by atoms with Crippen molar-refractivity contribution in [1.29, 1.82) is 0 Å². The average molecular weight is 935 g/mol. The maximum Gasteiger partial charge on any atom is 0.306 e. The minimum absolute atomic E-state index is 0.135. The van der Waals surface area contributed by atoms with Gasteiger partial charge in [0, 0.05) is 19.3 Å². The maximum atomic E-state index is 12.8. The number of rotatable bonds is 45. The summed E-state index contributed by atoms with van der Waals surface area (Å²) in [5, 5.41) is 0. The zero-order valence-electron chi connectivity index (χ0n) is 43.0. The number of unbranched alkanes of at least 4 members (excludes halogenated alkanes) is 8. The molecule has 0 spiro atoms. The lowest BCUT2D eigenvalue weighted by Crippen LogP contribution is -2.30. The van der Waals surface area contributed by atoms with E-state index in [0.717, 1.165) is 128 Å². The van der Waals surface area contributed by atoms with E-state index in [4.69, 9.17) is 14.2 Å². The third-order valence-corrected chi connectivity index (χ3v) is 10.3. The van der Waals surface area contributed by atoms with Crippen LogP contribution in [0.3, 0.4) is 0 Å². The van der Waals surface area contributed by atoms with Crippen LogP contribution in [-0.4, -0.2) is 37.2 Å². The molecule has 378 valence electrons. The average Bonchev–Trinajstić information content (AvgIpc) is 3.34. The van der Waals surface area contributed by atoms with Crippen molar-refractivity contribution in [2.75, 3.05) is 13.2 Å². The van der Waals surface area contributed by atoms with Crippen molar-refractivity contribution in [3.05, 3.63) is 158 Å². The Labute approximate surface area is 416 Å². The molecule has 0 aromatic rings. The largest absolute Gasteiger partial charge is 0.462 e. The molecule has 1 unspecified atom stereocenters. The van der Waals surface area contributed by atoms with Crippen molar-refractivity contribution < 1.29 is 28.6 Å². The normalized spacial score (nSPS) is 13.4. The Morgan fingerprint density at radius 2 is 0.559 bits per heavy atom. The number of carbonyl (C=O) groups is 3. The van der Waals surface area contributed by atoms with Gasteiger partial charge in [0.05, 0.1) is 0 Å². The summed E-state index contributed by atoms with van der Waals surface area (Å²) in [4.78, 5) is 38.0. The van der Waals surface area contributed by atoms with Crippen molar-refractivity contribution in [1.82, 2.24) is 0 Å². The quantitative estimate of drug-likeness (QED) is 0.0262. The molecule has 0 rings (SSSR count). The smallest absolute Gasteiger partial charge is 0.306 e. The van der Waals surface area contributed by atoms with Gasteiger partial charge in [0.1, 0.15) is 13.2 Å². The van der Waals surface area contributed by atoms with Crippen molar-refractivity contribution in [2.24, 2.45) is 0 Å². The zero-order chi connectivity index (χ0) is 49.3. The van der Waals surface area contributed by atoms with Gasteiger partial charge in [0.2, 0.25) is 0 Å². The second-order valence-corrected chi connectivity index (χ2v) is 16.6. The van der Waals surface area contributed by atoms with E-state index in [9.17, 15) is 14.4 Å². The molecule has 0 saturated heterocycles. The van der Waals surface area contributed by atoms with Gasteiger partial charge in [-0.05, 0) is 128 Å². The molecule has 1 atom stereocenters. The van der Waals surface area contributed by atoms with E-state index < -0.39 is 6.10 Å². The first-order valence-corrected chi connectivity index (χ1v) is 26.5. The highest BCUT2D eigenvalue weighted by Crippen LogP contribution is 2.12. The highest BCUT2D eigenvalue weighted by Gasteiger charge is 2.19. The summed E-state index contributed by atoms with van der Waals surface area (Å²) in [6.07, 6.45) is 79.6. The fourth-order valence-electron chi connectivity index (χ4n) is 6.41. The minimum atomic E-state index is -0.840. The first kappa shape index (κ1) is 63.0. The second-order valence-electron chi connectivity index (χ2n) is 16.6. The summed E-state index contributed by atoms with van der Waals surface area (Å²) in [5.74, 6) is -1.08. The molecule has 0 amide bonds. The van der Waals surface area contributed by atoms with Crippen LogP contribution in [0.25, 0.3) is 0 Å². The lowest BCUT2D eigenvalue weighted by atomic mass is 10.1. The van der Waals surface area contributed by atoms with Crippen molar-refractivity contribution >= 4 is 17.9 Å². The van der Waals surface area contributed by atoms with Crippen LogP contribution in [0.5, 0.6) is 0 Å². The van der Waals surface area contributed by atoms with Crippen molar-refractivity contribution in [3.63, 3.8) is 0 Å². The second kappa shape index (κ2) is 54.6. The Morgan fingerprint density at radius 3 is 0.941 bits per heavy atom. The van der Waals surface area contributed by atoms with E-state index in [0.29, 0.717) is 12.8 Å². The van der Waals surface area contributed by atoms with Crippen LogP contribution in [0.15, 0.2) is 158 Å². The summed E-state index contributed by atoms with van der Waals surface area (Å²) in [6.45, 7) is 6.15. The lowest BCUT2D eigenvalue weighted by Gasteiger charge is -2.18. The Hall–Kier alpha value is -4.97. The van der Waals surface area contributed by atoms with E-state index in [-0.39, 0.29) is 50.4 Å². The first-order valence-electron chi connectivity index (χ1n) is 26.5. The van der Waals surface area contributed by atoms with Crippen LogP contribution in [0, 0.1) is 0 Å². The molecule has 0 bridgehead atoms. The number of hydrogen-bond donors (Lipinski definition) is 0. The predicted molar refractivity (Wildman–Crippen MR) is 292 cm³/mol. The third-order valence-electron chi connectivity index (χ3n) is 10.3. The molecule has 0 aliphatic rings. The van der Waals surface area contributed by atoms with Crippen LogP contribution >= 0.6 is 0 Å². The van der Waals surface area contributed by atoms with E-state index in [1.807, 2.05) is 12.2 Å². The highest BCUT2D eigenvalue weighted by molar-refractivity contribution is 5.71. The van der Waals surface area contributed by atoms with Gasteiger partial charge in [-0.15, -0.1) is 0 Å². The number of allylic oxidation sites excluding steroid dienone is 26. The first-order chi connectivity index (χ1) is 33.5. The molecular formula is C62H94O6. The van der Waals surface area contributed by atoms with Gasteiger partial charge in [0.25, 0.3) is 0 Å². The fourth-order valence-corrected chi connectivity index (χ4v) is 6.41. The zero-order valence-corrected chi connectivity index (χ0v) is 43.0. The maximum absolute atomic E-state index is 12.8. The summed E-state index contributed by atoms with van der Waals surface area (Å²) >= 11 is 0. The molecule has 0 radical (unpaired) electrons. The van der Waals surface area contributed by atoms with Gasteiger partial charge >= 0.3 is 17.9 Å². The van der Waals surface area contributed by atoms with Crippen molar-refractivity contribution in [2.45, 2.75) is 200 Å². The third kappa shape index (κ3) is 52.0. The molecule has 0 aliphatic carbocycles. The van der Waals surface area contributed by atoms with E-state index in [2.05, 4.69) is 167 Å². The van der Waals surface area contributed by atoms with Crippen LogP contribution in [0.4, 0.5) is 0 Å². The number of carbonyl (C=O) groups excluding carboxylic acids is 3. The highest BCUT2D eigenvalue weighted by atomic mass is 16.6. The summed E-state index contributed by atoms with van der Waals surface area (Å²) in [5.41, 5.74) is 0. The number of hydrogen-bond acceptors (Lipinski definition) is 6. The fraction of sp³-hybridized carbons (Fsp3) is 0.532. The number of ether oxygens (including phenoxy) is 3. The molecule has 6 heteroatoms. The molecule has 0 aromatic heterocycles. The molecule has 0 N–H and O–H groups in total. The summed E-state index contributed by atoms with van der Waals surface area (Å²) < 4.78 is 16.7. The minimum Gasteiger partial charge on any atom is -0.462 e. The van der Waals surface area contributed by atoms with Gasteiger partial charge in [0.15, 0.2) is 6.10 Å². The SMILES string of the molecule is CC/C=C\C/C=C\C/C=C\C/C=C\C/C=C\C/C=C\CCC(=O)OCC(COC(=O)CCCC/C=C\C/C=C\C/C=C\CC)OC(=O)CCCCCCCC/C=C\C/C=C\C/C=C\C/C=C\CC. The van der Waals surface area contributed by atoms with Gasteiger partial charge in [-0.3, -0.25) is 14.4 Å². The van der Waals surface area contributed by atoms with Crippen LogP contribution in [0.1, 0.15) is 194 Å². The molecule has 0 aromatic carbocycles. The van der Waals surface area contributed by atoms with Gasteiger partial charge in [-0.2, -0.15) is 0 Å². The topological polar surface area (TPSA) is 78.9 Å². The molecule has 0 saturated carbocycles. The summed E-state index contributed by atoms with van der Waals surface area (Å²) in [6, 6.07) is 0. The van der Waals surface area contributed by atoms with Gasteiger partial charge in [-0.25, -0.2) is 0 Å². The standard InChI is InChI=1S/C62H94O6/c1-4-7-10-13-16-19-22-25-27-29-31-33-35-37-40-43-46-49-52-55-61(64)67-58-59(57-66-60(63)54-51-48-45-42-39-24-21-18-15-12-9-6-3)68-62(65)56-53-50-47-44-41-38-36-34-32-30-28-26-23-20-17-14-11-8-5-2/h7-12,16-21,25-28,31-34,37,39-40,42,46,49,59H,4-6,13-15,22-24,29-30,35-36,38,41,43-45,47-48,50-58H2,1-3H3/b10-7-,11-8-,12-9-,19-16-,20-17-,21-18-,27-25-,28-26-,33-31-,34-32-,40-37-,42-39-,49-46-. The van der Waals surface area contributed by atoms with Crippen LogP contribution in [0.2, 0.25) is 0 Å². The summed E-state index contributed by atoms with van der Waals surface area (Å²) in [7, 11) is 0. The Balaban J connectivity index is 4.59. The van der Waals surface area contributed by atoms with Gasteiger partial charge < -0.3 is 14.2 Å².